The quantitative estimate of drug-likeness (QED) is 0.589. The zero-order chi connectivity index (χ0) is 23.8. The fourth-order valence-electron chi connectivity index (χ4n) is 4.54. The summed E-state index contributed by atoms with van der Waals surface area (Å²) in [4.78, 5) is 26.8. The molecule has 8 nitrogen and oxygen atoms in total. The number of methoxy groups -OCH3 is 2. The van der Waals surface area contributed by atoms with Crippen molar-refractivity contribution in [3.8, 4) is 11.5 Å². The molecular weight excluding hydrogens is 468 g/mol. The molecule has 4 rings (SSSR count). The van der Waals surface area contributed by atoms with Crippen molar-refractivity contribution in [2.75, 3.05) is 18.9 Å². The molecule has 0 unspecified atom stereocenters. The first-order valence-corrected chi connectivity index (χ1v) is 12.5. The number of carbonyl (C=O) groups is 2. The van der Waals surface area contributed by atoms with Crippen molar-refractivity contribution in [3.05, 3.63) is 47.0 Å². The molecule has 176 valence electrons. The third kappa shape index (κ3) is 4.52. The second-order valence-corrected chi connectivity index (χ2v) is 10.3. The van der Waals surface area contributed by atoms with E-state index in [0.29, 0.717) is 11.3 Å². The van der Waals surface area contributed by atoms with Crippen LogP contribution in [0.25, 0.3) is 0 Å². The molecule has 1 aliphatic heterocycles. The molecule has 1 aliphatic carbocycles. The fourth-order valence-corrected chi connectivity index (χ4v) is 6.07. The average molecular weight is 493 g/mol. The Kier molecular flexibility index (Phi) is 6.54. The largest absolute Gasteiger partial charge is 0.495 e. The number of sulfonamides is 1. The Morgan fingerprint density at radius 1 is 0.970 bits per heavy atom. The summed E-state index contributed by atoms with van der Waals surface area (Å²) in [5.74, 6) is -0.298. The van der Waals surface area contributed by atoms with E-state index in [1.165, 1.54) is 43.4 Å². The third-order valence-corrected chi connectivity index (χ3v) is 7.89. The van der Waals surface area contributed by atoms with Crippen LogP contribution in [-0.4, -0.2) is 39.4 Å². The number of anilines is 1. The number of amides is 2. The van der Waals surface area contributed by atoms with Crippen LogP contribution in [0.4, 0.5) is 5.69 Å². The number of halogens is 1. The molecule has 1 N–H and O–H groups in total. The van der Waals surface area contributed by atoms with E-state index >= 15 is 0 Å². The van der Waals surface area contributed by atoms with Crippen LogP contribution >= 0.6 is 11.6 Å². The van der Waals surface area contributed by atoms with E-state index in [1.54, 1.807) is 12.1 Å². The third-order valence-electron chi connectivity index (χ3n) is 6.19. The maximum absolute atomic E-state index is 13.2. The van der Waals surface area contributed by atoms with Gasteiger partial charge in [-0.3, -0.25) is 19.2 Å². The van der Waals surface area contributed by atoms with Gasteiger partial charge in [0.25, 0.3) is 10.0 Å². The standard InChI is InChI=1S/C23H25ClN2O6S/c1-31-19-10-8-15(12-18(19)24)25-33(29,30)21-11-14(7-9-20(21)32-2)13-26-22(27)16-5-3-4-6-17(16)23(26)28/h7-12,16-17,25H,3-6,13H2,1-2H3/t16-,17+. The highest BCUT2D eigenvalue weighted by molar-refractivity contribution is 7.92. The molecule has 2 aromatic carbocycles. The van der Waals surface area contributed by atoms with Gasteiger partial charge in [0, 0.05) is 0 Å². The van der Waals surface area contributed by atoms with Gasteiger partial charge in [-0.2, -0.15) is 0 Å². The lowest BCUT2D eigenvalue weighted by atomic mass is 9.81. The minimum atomic E-state index is -4.06. The number of hydrogen-bond acceptors (Lipinski definition) is 6. The van der Waals surface area contributed by atoms with Gasteiger partial charge in [0.15, 0.2) is 0 Å². The molecule has 0 aromatic heterocycles. The molecule has 1 saturated carbocycles. The van der Waals surface area contributed by atoms with Gasteiger partial charge in [0.05, 0.1) is 43.3 Å². The van der Waals surface area contributed by atoms with Crippen LogP contribution in [0.1, 0.15) is 31.2 Å². The Balaban J connectivity index is 1.61. The predicted octanol–water partition coefficient (Wildman–Crippen LogP) is 3.83. The number of rotatable bonds is 7. The molecule has 2 atom stereocenters. The highest BCUT2D eigenvalue weighted by Gasteiger charge is 2.47. The smallest absolute Gasteiger partial charge is 0.265 e. The zero-order valence-corrected chi connectivity index (χ0v) is 19.9. The van der Waals surface area contributed by atoms with Crippen LogP contribution in [0.2, 0.25) is 5.02 Å². The normalized spacial score (nSPS) is 20.5. The van der Waals surface area contributed by atoms with Crippen LogP contribution in [0.3, 0.4) is 0 Å². The van der Waals surface area contributed by atoms with E-state index in [2.05, 4.69) is 4.72 Å². The topological polar surface area (TPSA) is 102 Å². The number of likely N-dealkylation sites (tertiary alicyclic amines) is 1. The summed E-state index contributed by atoms with van der Waals surface area (Å²) >= 11 is 6.11. The number of fused-ring (bicyclic) bond motifs is 1. The first kappa shape index (κ1) is 23.4. The first-order valence-electron chi connectivity index (χ1n) is 10.6. The van der Waals surface area contributed by atoms with Gasteiger partial charge in [0.2, 0.25) is 11.8 Å². The van der Waals surface area contributed by atoms with E-state index in [9.17, 15) is 18.0 Å². The molecule has 2 fully saturated rings. The van der Waals surface area contributed by atoms with Crippen molar-refractivity contribution in [1.29, 1.82) is 0 Å². The van der Waals surface area contributed by atoms with E-state index in [4.69, 9.17) is 21.1 Å². The number of imide groups is 1. The number of ether oxygens (including phenoxy) is 2. The van der Waals surface area contributed by atoms with Gasteiger partial charge in [-0.15, -0.1) is 0 Å². The SMILES string of the molecule is COc1ccc(NS(=O)(=O)c2cc(CN3C(=O)[C@H]4CCCC[C@H]4C3=O)ccc2OC)cc1Cl. The summed E-state index contributed by atoms with van der Waals surface area (Å²) in [6.07, 6.45) is 3.34. The summed E-state index contributed by atoms with van der Waals surface area (Å²) in [6.45, 7) is 0.0194. The number of nitrogens with one attached hydrogen (secondary N) is 1. The maximum atomic E-state index is 13.2. The second-order valence-electron chi connectivity index (χ2n) is 8.20. The molecule has 10 heteroatoms. The van der Waals surface area contributed by atoms with Crippen molar-refractivity contribution in [3.63, 3.8) is 0 Å². The summed E-state index contributed by atoms with van der Waals surface area (Å²) in [5.41, 5.74) is 0.770. The molecule has 1 heterocycles. The Morgan fingerprint density at radius 3 is 2.15 bits per heavy atom. The number of benzene rings is 2. The number of hydrogen-bond donors (Lipinski definition) is 1. The molecule has 2 aliphatic rings. The van der Waals surface area contributed by atoms with Gasteiger partial charge in [0.1, 0.15) is 16.4 Å². The molecule has 2 amide bonds. The van der Waals surface area contributed by atoms with Crippen LogP contribution in [0.15, 0.2) is 41.3 Å². The van der Waals surface area contributed by atoms with Gasteiger partial charge in [-0.25, -0.2) is 8.42 Å². The average Bonchev–Trinajstić information content (AvgIpc) is 3.04. The lowest BCUT2D eigenvalue weighted by Gasteiger charge is -2.19. The Bertz CT molecular complexity index is 1180. The fraction of sp³-hybridized carbons (Fsp3) is 0.391. The molecule has 0 bridgehead atoms. The van der Waals surface area contributed by atoms with Gasteiger partial charge in [-0.05, 0) is 48.7 Å². The lowest BCUT2D eigenvalue weighted by Crippen LogP contribution is -2.30. The van der Waals surface area contributed by atoms with Crippen LogP contribution in [0.5, 0.6) is 11.5 Å². The van der Waals surface area contributed by atoms with Crippen molar-refractivity contribution in [2.24, 2.45) is 11.8 Å². The molecule has 0 radical (unpaired) electrons. The van der Waals surface area contributed by atoms with Crippen LogP contribution in [-0.2, 0) is 26.2 Å². The summed E-state index contributed by atoms with van der Waals surface area (Å²) in [5, 5.41) is 0.256. The van der Waals surface area contributed by atoms with Crippen molar-refractivity contribution < 1.29 is 27.5 Å². The van der Waals surface area contributed by atoms with Gasteiger partial charge < -0.3 is 9.47 Å². The van der Waals surface area contributed by atoms with Gasteiger partial charge in [-0.1, -0.05) is 30.5 Å². The number of carbonyl (C=O) groups excluding carboxylic acids is 2. The van der Waals surface area contributed by atoms with Crippen LogP contribution < -0.4 is 14.2 Å². The van der Waals surface area contributed by atoms with Gasteiger partial charge >= 0.3 is 0 Å². The van der Waals surface area contributed by atoms with E-state index in [0.717, 1.165) is 25.7 Å². The van der Waals surface area contributed by atoms with E-state index in [1.807, 2.05) is 0 Å². The second kappa shape index (κ2) is 9.23. The Labute approximate surface area is 197 Å². The highest BCUT2D eigenvalue weighted by atomic mass is 35.5. The van der Waals surface area contributed by atoms with Crippen LogP contribution in [0, 0.1) is 11.8 Å². The molecule has 0 spiro atoms. The Morgan fingerprint density at radius 2 is 1.58 bits per heavy atom. The molecular formula is C23H25ClN2O6S. The highest BCUT2D eigenvalue weighted by Crippen LogP contribution is 2.39. The lowest BCUT2D eigenvalue weighted by molar-refractivity contribution is -0.140. The minimum Gasteiger partial charge on any atom is -0.495 e. The van der Waals surface area contributed by atoms with Crippen molar-refractivity contribution >= 4 is 39.1 Å². The summed E-state index contributed by atoms with van der Waals surface area (Å²) in [6, 6.07) is 9.12. The first-order chi connectivity index (χ1) is 15.7. The minimum absolute atomic E-state index is 0.0194. The maximum Gasteiger partial charge on any atom is 0.265 e. The Hall–Kier alpha value is -2.78. The molecule has 1 saturated heterocycles. The molecule has 2 aromatic rings. The number of nitrogens with zero attached hydrogens (tertiary/aromatic N) is 1. The summed E-state index contributed by atoms with van der Waals surface area (Å²) in [7, 11) is -1.22. The summed E-state index contributed by atoms with van der Waals surface area (Å²) < 4.78 is 39.2. The monoisotopic (exact) mass is 492 g/mol. The van der Waals surface area contributed by atoms with Crippen molar-refractivity contribution in [2.45, 2.75) is 37.1 Å². The van der Waals surface area contributed by atoms with E-state index < -0.39 is 10.0 Å². The predicted molar refractivity (Wildman–Crippen MR) is 123 cm³/mol. The van der Waals surface area contributed by atoms with E-state index in [-0.39, 0.29) is 51.5 Å². The zero-order valence-electron chi connectivity index (χ0n) is 18.3. The molecule has 33 heavy (non-hydrogen) atoms. The van der Waals surface area contributed by atoms with Crippen molar-refractivity contribution in [1.82, 2.24) is 4.90 Å².